The van der Waals surface area contributed by atoms with Crippen molar-refractivity contribution in [2.45, 2.75) is 9.88 Å². The Morgan fingerprint density at radius 2 is 1.11 bits per heavy atom. The zero-order chi connectivity index (χ0) is 8.12. The number of nitriles is 2. The molecule has 2 nitrogen and oxygen atoms in total. The number of hydrogen-bond acceptors (Lipinski definition) is 4. The van der Waals surface area contributed by atoms with Gasteiger partial charge < -0.3 is 25.3 Å². The average molecular weight is 265 g/mol. The molecule has 0 radical (unpaired) electrons. The van der Waals surface area contributed by atoms with Crippen LogP contribution < -0.4 is 0 Å². The van der Waals surface area contributed by atoms with Gasteiger partial charge >= 0.3 is 31.0 Å². The van der Waals surface area contributed by atoms with E-state index < -0.39 is 0 Å². The third-order valence-corrected chi connectivity index (χ3v) is 0. The molecule has 0 saturated heterocycles. The molecule has 0 aromatic rings. The molecule has 0 bridgehead atoms. The second kappa shape index (κ2) is 41.3. The predicted octanol–water partition coefficient (Wildman–Crippen LogP) is 0.816. The van der Waals surface area contributed by atoms with E-state index in [1.807, 2.05) is 0 Å². The summed E-state index contributed by atoms with van der Waals surface area (Å²) in [6.07, 6.45) is 0. The van der Waals surface area contributed by atoms with Crippen molar-refractivity contribution in [1.82, 2.24) is 0 Å². The van der Waals surface area contributed by atoms with E-state index in [2.05, 4.69) is 35.1 Å². The van der Waals surface area contributed by atoms with Crippen LogP contribution in [0.1, 0.15) is 0 Å². The summed E-state index contributed by atoms with van der Waals surface area (Å²) < 4.78 is 0. The van der Waals surface area contributed by atoms with Crippen LogP contribution in [0.25, 0.3) is 0 Å². The molecule has 0 fully saturated rings. The zero-order valence-electron chi connectivity index (χ0n) is 5.21. The predicted molar refractivity (Wildman–Crippen MR) is 43.4 cm³/mol. The van der Waals surface area contributed by atoms with Crippen LogP contribution >= 0.6 is 0 Å². The molecule has 0 rings (SSSR count). The number of nitrogens with zero attached hydrogens (tertiary/aromatic N) is 2. The van der Waals surface area contributed by atoms with Gasteiger partial charge in [0.2, 0.25) is 0 Å². The summed E-state index contributed by atoms with van der Waals surface area (Å²) in [6, 6.07) is 0. The standard InChI is InChI=1S/2CHNS.2CH3.Sn/c2*2-1-3;;;/h2*3H;2*1H3;/q;;;;+2/p-2. The first-order chi connectivity index (χ1) is 4.24. The van der Waals surface area contributed by atoms with E-state index in [1.165, 1.54) is 10.8 Å². The van der Waals surface area contributed by atoms with Crippen molar-refractivity contribution < 1.29 is 0 Å². The molecule has 0 aliphatic rings. The van der Waals surface area contributed by atoms with Gasteiger partial charge in [-0.25, -0.2) is 10.5 Å². The molecule has 0 aromatic heterocycles. The number of thiocyanates is 2. The summed E-state index contributed by atoms with van der Waals surface area (Å²) in [4.78, 5) is 4.59. The van der Waals surface area contributed by atoms with Crippen LogP contribution in [-0.2, 0) is 25.3 Å². The summed E-state index contributed by atoms with van der Waals surface area (Å²) in [5.74, 6) is 0. The summed E-state index contributed by atoms with van der Waals surface area (Å²) in [7, 11) is 0. The SMILES string of the molecule is N#C[S-].N#C[S-].[CH3][Sn+2][CH3]. The minimum absolute atomic E-state index is 0.230. The molecular weight excluding hydrogens is 259 g/mol. The first-order valence-corrected chi connectivity index (χ1v) is 8.38. The first-order valence-electron chi connectivity index (χ1n) is 1.86. The van der Waals surface area contributed by atoms with Gasteiger partial charge in [0.25, 0.3) is 0 Å². The fourth-order valence-electron chi connectivity index (χ4n) is 0. The van der Waals surface area contributed by atoms with Gasteiger partial charge in [-0.1, -0.05) is 10.8 Å². The first kappa shape index (κ1) is 16.1. The van der Waals surface area contributed by atoms with Crippen molar-refractivity contribution in [3.8, 4) is 10.8 Å². The molecule has 0 spiro atoms. The van der Waals surface area contributed by atoms with E-state index >= 15 is 0 Å². The van der Waals surface area contributed by atoms with Crippen LogP contribution in [-0.4, -0.2) is 21.1 Å². The minimum atomic E-state index is 0.230. The Bertz CT molecular complexity index is 81.7. The normalized spacial score (nSPS) is 2.67. The molecule has 0 amide bonds. The van der Waals surface area contributed by atoms with E-state index in [4.69, 9.17) is 10.5 Å². The average Bonchev–Trinajstić information content (AvgIpc) is 1.70. The molecule has 0 aromatic carbocycles. The van der Waals surface area contributed by atoms with E-state index in [1.54, 1.807) is 0 Å². The molecule has 0 aliphatic carbocycles. The van der Waals surface area contributed by atoms with E-state index in [9.17, 15) is 0 Å². The Hall–Kier alpha value is 0.219. The molecule has 5 heteroatoms. The molecule has 0 atom stereocenters. The summed E-state index contributed by atoms with van der Waals surface area (Å²) >= 11 is 7.63. The van der Waals surface area contributed by atoms with Crippen molar-refractivity contribution in [1.29, 1.82) is 10.5 Å². The van der Waals surface area contributed by atoms with Gasteiger partial charge in [-0.2, -0.15) is 0 Å². The van der Waals surface area contributed by atoms with Gasteiger partial charge in [0.15, 0.2) is 0 Å². The van der Waals surface area contributed by atoms with Crippen LogP contribution in [0.4, 0.5) is 0 Å². The number of rotatable bonds is 0. The maximum absolute atomic E-state index is 7.13. The Balaban J connectivity index is -0.0000000600. The van der Waals surface area contributed by atoms with Crippen molar-refractivity contribution in [3.05, 3.63) is 0 Å². The summed E-state index contributed by atoms with van der Waals surface area (Å²) in [5, 5.41) is 16.9. The van der Waals surface area contributed by atoms with Gasteiger partial charge in [0.1, 0.15) is 0 Å². The molecule has 9 heavy (non-hydrogen) atoms. The molecule has 0 saturated carbocycles. The topological polar surface area (TPSA) is 47.6 Å². The van der Waals surface area contributed by atoms with Crippen molar-refractivity contribution in [3.63, 3.8) is 0 Å². The fraction of sp³-hybridized carbons (Fsp3) is 0.500. The van der Waals surface area contributed by atoms with Crippen LogP contribution in [0.15, 0.2) is 0 Å². The van der Waals surface area contributed by atoms with Crippen molar-refractivity contribution in [2.24, 2.45) is 0 Å². The van der Waals surface area contributed by atoms with Crippen LogP contribution in [0.3, 0.4) is 0 Å². The van der Waals surface area contributed by atoms with Gasteiger partial charge in [-0.05, 0) is 0 Å². The van der Waals surface area contributed by atoms with E-state index in [0.29, 0.717) is 0 Å². The number of hydrogen-bond donors (Lipinski definition) is 0. The Morgan fingerprint density at radius 3 is 1.11 bits per heavy atom. The van der Waals surface area contributed by atoms with E-state index in [0.717, 1.165) is 0 Å². The van der Waals surface area contributed by atoms with Crippen molar-refractivity contribution in [2.75, 3.05) is 0 Å². The molecule has 0 heterocycles. The molecule has 48 valence electrons. The van der Waals surface area contributed by atoms with Gasteiger partial charge in [0.05, 0.1) is 0 Å². The monoisotopic (exact) mass is 266 g/mol. The quantitative estimate of drug-likeness (QED) is 0.369. The molecular formula is C4H6N2S2Sn. The van der Waals surface area contributed by atoms with Crippen LogP contribution in [0.2, 0.25) is 9.88 Å². The van der Waals surface area contributed by atoms with Gasteiger partial charge in [-0.15, -0.1) is 0 Å². The second-order valence-electron chi connectivity index (χ2n) is 0.683. The van der Waals surface area contributed by atoms with Crippen LogP contribution in [0.5, 0.6) is 0 Å². The van der Waals surface area contributed by atoms with Crippen molar-refractivity contribution >= 4 is 46.4 Å². The second-order valence-corrected chi connectivity index (χ2v) is 3.90. The summed E-state index contributed by atoms with van der Waals surface area (Å²) in [5.41, 5.74) is 0. The zero-order valence-corrected chi connectivity index (χ0v) is 9.70. The third-order valence-electron chi connectivity index (χ3n) is 0. The fourth-order valence-corrected chi connectivity index (χ4v) is 0. The Labute approximate surface area is 77.3 Å². The Morgan fingerprint density at radius 1 is 1.11 bits per heavy atom. The summed E-state index contributed by atoms with van der Waals surface area (Å²) in [6.45, 7) is 0. The molecule has 0 unspecified atom stereocenters. The van der Waals surface area contributed by atoms with Gasteiger partial charge in [-0.3, -0.25) is 0 Å². The Kier molecular flexibility index (Phi) is 74.0. The molecule has 0 N–H and O–H groups in total. The maximum atomic E-state index is 7.13. The van der Waals surface area contributed by atoms with Gasteiger partial charge in [0, 0.05) is 0 Å². The van der Waals surface area contributed by atoms with Crippen LogP contribution in [0, 0.1) is 21.3 Å². The van der Waals surface area contributed by atoms with E-state index in [-0.39, 0.29) is 21.1 Å². The third kappa shape index (κ3) is 6650. The molecule has 0 aliphatic heterocycles.